The first-order valence-corrected chi connectivity index (χ1v) is 8.41. The second kappa shape index (κ2) is 8.25. The second-order valence-electron chi connectivity index (χ2n) is 6.09. The van der Waals surface area contributed by atoms with Gasteiger partial charge in [-0.2, -0.15) is 10.2 Å². The zero-order valence-corrected chi connectivity index (χ0v) is 14.9. The van der Waals surface area contributed by atoms with Gasteiger partial charge >= 0.3 is 0 Å². The molecule has 132 valence electrons. The maximum Gasteiger partial charge on any atom is 0.256 e. The van der Waals surface area contributed by atoms with Crippen molar-refractivity contribution in [3.8, 4) is 5.75 Å². The molecule has 0 radical (unpaired) electrons. The highest BCUT2D eigenvalue weighted by atomic mass is 16.5. The molecule has 0 fully saturated rings. The van der Waals surface area contributed by atoms with Crippen LogP contribution in [0.4, 0.5) is 0 Å². The molecular weight excluding hydrogens is 326 g/mol. The van der Waals surface area contributed by atoms with Gasteiger partial charge in [-0.3, -0.25) is 4.79 Å². The SMILES string of the molecule is COc1ccccc1CN(Cc1cccc(C)c1)C(=O)c1ccnnc1. The van der Waals surface area contributed by atoms with E-state index >= 15 is 0 Å². The molecule has 0 bridgehead atoms. The molecule has 1 amide bonds. The van der Waals surface area contributed by atoms with Crippen LogP contribution in [-0.4, -0.2) is 28.1 Å². The number of benzene rings is 2. The van der Waals surface area contributed by atoms with Crippen molar-refractivity contribution in [1.82, 2.24) is 15.1 Å². The van der Waals surface area contributed by atoms with Crippen LogP contribution in [0.3, 0.4) is 0 Å². The van der Waals surface area contributed by atoms with Crippen LogP contribution in [0.2, 0.25) is 0 Å². The van der Waals surface area contributed by atoms with Crippen molar-refractivity contribution >= 4 is 5.91 Å². The van der Waals surface area contributed by atoms with Gasteiger partial charge in [0.15, 0.2) is 0 Å². The van der Waals surface area contributed by atoms with Crippen LogP contribution >= 0.6 is 0 Å². The van der Waals surface area contributed by atoms with Crippen molar-refractivity contribution in [2.24, 2.45) is 0 Å². The van der Waals surface area contributed by atoms with Crippen LogP contribution in [0.25, 0.3) is 0 Å². The minimum atomic E-state index is -0.0905. The van der Waals surface area contributed by atoms with Gasteiger partial charge in [0, 0.05) is 18.7 Å². The molecular formula is C21H21N3O2. The van der Waals surface area contributed by atoms with E-state index in [0.29, 0.717) is 18.7 Å². The summed E-state index contributed by atoms with van der Waals surface area (Å²) in [4.78, 5) is 14.9. The normalized spacial score (nSPS) is 10.4. The number of carbonyl (C=O) groups excluding carboxylic acids is 1. The summed E-state index contributed by atoms with van der Waals surface area (Å²) in [5.74, 6) is 0.676. The molecule has 26 heavy (non-hydrogen) atoms. The average molecular weight is 347 g/mol. The summed E-state index contributed by atoms with van der Waals surface area (Å²) in [5, 5.41) is 7.58. The summed E-state index contributed by atoms with van der Waals surface area (Å²) >= 11 is 0. The monoisotopic (exact) mass is 347 g/mol. The molecule has 1 heterocycles. The highest BCUT2D eigenvalue weighted by Crippen LogP contribution is 2.22. The van der Waals surface area contributed by atoms with Gasteiger partial charge < -0.3 is 9.64 Å². The highest BCUT2D eigenvalue weighted by Gasteiger charge is 2.18. The third-order valence-corrected chi connectivity index (χ3v) is 4.13. The Hall–Kier alpha value is -3.21. The first kappa shape index (κ1) is 17.6. The largest absolute Gasteiger partial charge is 0.496 e. The standard InChI is InChI=1S/C21H21N3O2/c1-16-6-5-7-17(12-16)14-24(21(25)18-10-11-22-23-13-18)15-19-8-3-4-9-20(19)26-2/h3-13H,14-15H2,1-2H3. The fourth-order valence-electron chi connectivity index (χ4n) is 2.87. The zero-order chi connectivity index (χ0) is 18.4. The minimum absolute atomic E-state index is 0.0905. The molecule has 0 saturated carbocycles. The Balaban J connectivity index is 1.91. The number of hydrogen-bond donors (Lipinski definition) is 0. The van der Waals surface area contributed by atoms with Crippen molar-refractivity contribution < 1.29 is 9.53 Å². The summed E-state index contributed by atoms with van der Waals surface area (Å²) in [5.41, 5.74) is 3.72. The van der Waals surface area contributed by atoms with Gasteiger partial charge in [-0.25, -0.2) is 0 Å². The molecule has 0 N–H and O–H groups in total. The number of carbonyl (C=O) groups is 1. The van der Waals surface area contributed by atoms with Gasteiger partial charge in [-0.1, -0.05) is 48.0 Å². The fraction of sp³-hybridized carbons (Fsp3) is 0.190. The number of aromatic nitrogens is 2. The Morgan fingerprint density at radius 1 is 1.04 bits per heavy atom. The summed E-state index contributed by atoms with van der Waals surface area (Å²) in [7, 11) is 1.64. The Labute approximate surface area is 153 Å². The summed E-state index contributed by atoms with van der Waals surface area (Å²) < 4.78 is 5.44. The number of aryl methyl sites for hydroxylation is 1. The van der Waals surface area contributed by atoms with E-state index < -0.39 is 0 Å². The maximum atomic E-state index is 13.1. The van der Waals surface area contributed by atoms with Crippen LogP contribution < -0.4 is 4.74 Å². The number of rotatable bonds is 6. The molecule has 2 aromatic carbocycles. The lowest BCUT2D eigenvalue weighted by molar-refractivity contribution is 0.0728. The van der Waals surface area contributed by atoms with Gasteiger partial charge in [0.1, 0.15) is 5.75 Å². The van der Waals surface area contributed by atoms with Gasteiger partial charge in [-0.15, -0.1) is 0 Å². The van der Waals surface area contributed by atoms with Crippen LogP contribution in [0.5, 0.6) is 5.75 Å². The molecule has 0 spiro atoms. The van der Waals surface area contributed by atoms with E-state index in [1.165, 1.54) is 12.4 Å². The van der Waals surface area contributed by atoms with Crippen LogP contribution in [0.1, 0.15) is 27.0 Å². The number of methoxy groups -OCH3 is 1. The lowest BCUT2D eigenvalue weighted by Gasteiger charge is -2.24. The molecule has 0 aliphatic rings. The number of para-hydroxylation sites is 1. The molecule has 3 rings (SSSR count). The molecule has 5 nitrogen and oxygen atoms in total. The van der Waals surface area contributed by atoms with Gasteiger partial charge in [0.05, 0.1) is 25.1 Å². The summed E-state index contributed by atoms with van der Waals surface area (Å²) in [6, 6.07) is 17.6. The average Bonchev–Trinajstić information content (AvgIpc) is 2.68. The molecule has 0 aliphatic carbocycles. The van der Waals surface area contributed by atoms with Gasteiger partial charge in [0.25, 0.3) is 5.91 Å². The van der Waals surface area contributed by atoms with Crippen LogP contribution in [0.15, 0.2) is 67.0 Å². The van der Waals surface area contributed by atoms with Gasteiger partial charge in [0.2, 0.25) is 0 Å². The molecule has 3 aromatic rings. The lowest BCUT2D eigenvalue weighted by atomic mass is 10.1. The van der Waals surface area contributed by atoms with E-state index in [9.17, 15) is 4.79 Å². The van der Waals surface area contributed by atoms with Crippen molar-refractivity contribution in [1.29, 1.82) is 0 Å². The number of ether oxygens (including phenoxy) is 1. The summed E-state index contributed by atoms with van der Waals surface area (Å²) in [6.45, 7) is 2.99. The number of hydrogen-bond acceptors (Lipinski definition) is 4. The molecule has 0 aliphatic heterocycles. The number of amides is 1. The zero-order valence-electron chi connectivity index (χ0n) is 14.9. The van der Waals surface area contributed by atoms with Crippen molar-refractivity contribution in [2.45, 2.75) is 20.0 Å². The molecule has 0 atom stereocenters. The Kier molecular flexibility index (Phi) is 5.59. The Bertz CT molecular complexity index is 881. The van der Waals surface area contributed by atoms with Crippen LogP contribution in [-0.2, 0) is 13.1 Å². The van der Waals surface area contributed by atoms with E-state index in [1.54, 1.807) is 18.1 Å². The lowest BCUT2D eigenvalue weighted by Crippen LogP contribution is -2.30. The van der Waals surface area contributed by atoms with E-state index in [4.69, 9.17) is 4.74 Å². The molecule has 1 aromatic heterocycles. The predicted molar refractivity (Wildman–Crippen MR) is 99.8 cm³/mol. The topological polar surface area (TPSA) is 55.3 Å². The first-order valence-electron chi connectivity index (χ1n) is 8.41. The van der Waals surface area contributed by atoms with E-state index in [0.717, 1.165) is 22.4 Å². The first-order chi connectivity index (χ1) is 12.7. The Morgan fingerprint density at radius 3 is 2.62 bits per heavy atom. The fourth-order valence-corrected chi connectivity index (χ4v) is 2.87. The van der Waals surface area contributed by atoms with Gasteiger partial charge in [-0.05, 0) is 24.6 Å². The third kappa shape index (κ3) is 4.25. The van der Waals surface area contributed by atoms with Crippen molar-refractivity contribution in [3.05, 3.63) is 89.2 Å². The maximum absolute atomic E-state index is 13.1. The van der Waals surface area contributed by atoms with Crippen LogP contribution in [0, 0.1) is 6.92 Å². The third-order valence-electron chi connectivity index (χ3n) is 4.13. The molecule has 5 heteroatoms. The second-order valence-corrected chi connectivity index (χ2v) is 6.09. The van der Waals surface area contributed by atoms with Crippen molar-refractivity contribution in [2.75, 3.05) is 7.11 Å². The van der Waals surface area contributed by atoms with E-state index in [2.05, 4.69) is 16.3 Å². The Morgan fingerprint density at radius 2 is 1.88 bits per heavy atom. The predicted octanol–water partition coefficient (Wildman–Crippen LogP) is 3.64. The highest BCUT2D eigenvalue weighted by molar-refractivity contribution is 5.93. The minimum Gasteiger partial charge on any atom is -0.496 e. The smallest absolute Gasteiger partial charge is 0.256 e. The molecule has 0 unspecified atom stereocenters. The van der Waals surface area contributed by atoms with E-state index in [1.807, 2.05) is 49.4 Å². The quantitative estimate of drug-likeness (QED) is 0.683. The molecule has 0 saturated heterocycles. The summed E-state index contributed by atoms with van der Waals surface area (Å²) in [6.07, 6.45) is 3.02. The van der Waals surface area contributed by atoms with Crippen molar-refractivity contribution in [3.63, 3.8) is 0 Å². The number of nitrogens with zero attached hydrogens (tertiary/aromatic N) is 3. The van der Waals surface area contributed by atoms with E-state index in [-0.39, 0.29) is 5.91 Å².